The Kier molecular flexibility index (Phi) is 4.00. The lowest BCUT2D eigenvalue weighted by molar-refractivity contribution is -0.0447. The monoisotopic (exact) mass is 324 g/mol. The van der Waals surface area contributed by atoms with Gasteiger partial charge in [-0.2, -0.15) is 5.26 Å². The molecule has 4 rings (SSSR count). The van der Waals surface area contributed by atoms with Crippen LogP contribution >= 0.6 is 0 Å². The zero-order valence-corrected chi connectivity index (χ0v) is 13.7. The molecule has 2 fully saturated rings. The van der Waals surface area contributed by atoms with Gasteiger partial charge in [-0.15, -0.1) is 5.10 Å². The number of tetrazole rings is 1. The predicted octanol–water partition coefficient (Wildman–Crippen LogP) is 2.01. The minimum Gasteiger partial charge on any atom is -0.371 e. The van der Waals surface area contributed by atoms with Crippen LogP contribution in [0.4, 0.5) is 0 Å². The molecule has 0 bridgehead atoms. The van der Waals surface area contributed by atoms with Gasteiger partial charge in [-0.05, 0) is 47.9 Å². The summed E-state index contributed by atoms with van der Waals surface area (Å²) in [7, 11) is 0. The first-order valence-electron chi connectivity index (χ1n) is 8.39. The van der Waals surface area contributed by atoms with Crippen molar-refractivity contribution in [2.75, 3.05) is 19.7 Å². The van der Waals surface area contributed by atoms with Crippen LogP contribution in [0.15, 0.2) is 24.3 Å². The highest BCUT2D eigenvalue weighted by Gasteiger charge is 2.33. The lowest BCUT2D eigenvalue weighted by Crippen LogP contribution is -2.40. The Morgan fingerprint density at radius 2 is 2.25 bits per heavy atom. The van der Waals surface area contributed by atoms with E-state index in [0.717, 1.165) is 37.3 Å². The van der Waals surface area contributed by atoms with Crippen LogP contribution in [0.3, 0.4) is 0 Å². The van der Waals surface area contributed by atoms with E-state index in [9.17, 15) is 0 Å². The maximum atomic E-state index is 9.09. The molecule has 0 N–H and O–H groups in total. The van der Waals surface area contributed by atoms with Gasteiger partial charge in [0.05, 0.1) is 36.4 Å². The van der Waals surface area contributed by atoms with Gasteiger partial charge >= 0.3 is 0 Å². The number of hydrogen-bond donors (Lipinski definition) is 0. The SMILES string of the molecule is CC(c1nnnn1C1CC1)N1CCOC(c2cccc(C#N)c2)C1. The molecule has 2 atom stereocenters. The molecule has 7 nitrogen and oxygen atoms in total. The van der Waals surface area contributed by atoms with Gasteiger partial charge in [0, 0.05) is 13.1 Å². The van der Waals surface area contributed by atoms with Gasteiger partial charge in [-0.3, -0.25) is 4.90 Å². The van der Waals surface area contributed by atoms with Crippen molar-refractivity contribution in [3.63, 3.8) is 0 Å². The van der Waals surface area contributed by atoms with Crippen LogP contribution < -0.4 is 0 Å². The van der Waals surface area contributed by atoms with E-state index in [-0.39, 0.29) is 12.1 Å². The first-order chi connectivity index (χ1) is 11.8. The highest BCUT2D eigenvalue weighted by Crippen LogP contribution is 2.37. The molecule has 2 heterocycles. The van der Waals surface area contributed by atoms with E-state index in [4.69, 9.17) is 10.00 Å². The van der Waals surface area contributed by atoms with Crippen LogP contribution in [0.1, 0.15) is 54.9 Å². The fourth-order valence-electron chi connectivity index (χ4n) is 3.25. The average molecular weight is 324 g/mol. The number of aromatic nitrogens is 4. The normalized spacial score (nSPS) is 22.9. The van der Waals surface area contributed by atoms with Gasteiger partial charge < -0.3 is 4.74 Å². The first-order valence-corrected chi connectivity index (χ1v) is 8.39. The Bertz CT molecular complexity index is 762. The van der Waals surface area contributed by atoms with E-state index in [2.05, 4.69) is 33.4 Å². The maximum absolute atomic E-state index is 9.09. The third-order valence-corrected chi connectivity index (χ3v) is 4.82. The standard InChI is InChI=1S/C17H20N6O/c1-12(17-19-20-21-23(17)15-5-6-15)22-7-8-24-16(11-22)14-4-2-3-13(9-14)10-18/h2-4,9,12,15-16H,5-8,11H2,1H3. The van der Waals surface area contributed by atoms with Crippen LogP contribution in [0, 0.1) is 11.3 Å². The largest absolute Gasteiger partial charge is 0.371 e. The number of benzene rings is 1. The van der Waals surface area contributed by atoms with Crippen molar-refractivity contribution in [2.45, 2.75) is 38.0 Å². The van der Waals surface area contributed by atoms with Crippen LogP contribution in [0.2, 0.25) is 0 Å². The molecule has 2 unspecified atom stereocenters. The molecule has 7 heteroatoms. The summed E-state index contributed by atoms with van der Waals surface area (Å²) in [6, 6.07) is 10.5. The van der Waals surface area contributed by atoms with Crippen molar-refractivity contribution in [3.8, 4) is 6.07 Å². The summed E-state index contributed by atoms with van der Waals surface area (Å²) in [4.78, 5) is 2.36. The zero-order valence-electron chi connectivity index (χ0n) is 13.7. The van der Waals surface area contributed by atoms with Crippen molar-refractivity contribution < 1.29 is 4.74 Å². The summed E-state index contributed by atoms with van der Waals surface area (Å²) < 4.78 is 7.92. The third kappa shape index (κ3) is 2.90. The third-order valence-electron chi connectivity index (χ3n) is 4.82. The van der Waals surface area contributed by atoms with Crippen LogP contribution in [0.5, 0.6) is 0 Å². The van der Waals surface area contributed by atoms with E-state index in [0.29, 0.717) is 18.2 Å². The number of nitrogens with zero attached hydrogens (tertiary/aromatic N) is 6. The van der Waals surface area contributed by atoms with Crippen molar-refractivity contribution >= 4 is 0 Å². The van der Waals surface area contributed by atoms with Crippen LogP contribution in [0.25, 0.3) is 0 Å². The molecule has 2 aliphatic rings. The molecule has 0 amide bonds. The summed E-state index contributed by atoms with van der Waals surface area (Å²) in [5.41, 5.74) is 1.71. The summed E-state index contributed by atoms with van der Waals surface area (Å²) >= 11 is 0. The fraction of sp³-hybridized carbons (Fsp3) is 0.529. The minimum absolute atomic E-state index is 0.0280. The highest BCUT2D eigenvalue weighted by atomic mass is 16.5. The molecular formula is C17H20N6O. The number of nitriles is 1. The predicted molar refractivity (Wildman–Crippen MR) is 85.9 cm³/mol. The summed E-state index contributed by atoms with van der Waals surface area (Å²) in [5, 5.41) is 21.4. The van der Waals surface area contributed by atoms with Crippen LogP contribution in [-0.4, -0.2) is 44.8 Å². The van der Waals surface area contributed by atoms with E-state index < -0.39 is 0 Å². The Morgan fingerprint density at radius 3 is 3.04 bits per heavy atom. The quantitative estimate of drug-likeness (QED) is 0.856. The average Bonchev–Trinajstić information content (AvgIpc) is 3.38. The molecule has 0 spiro atoms. The number of ether oxygens (including phenoxy) is 1. The van der Waals surface area contributed by atoms with Crippen molar-refractivity contribution in [1.82, 2.24) is 25.1 Å². The molecule has 1 saturated heterocycles. The van der Waals surface area contributed by atoms with E-state index in [1.807, 2.05) is 28.9 Å². The highest BCUT2D eigenvalue weighted by molar-refractivity contribution is 5.34. The van der Waals surface area contributed by atoms with Crippen molar-refractivity contribution in [3.05, 3.63) is 41.2 Å². The fourth-order valence-corrected chi connectivity index (χ4v) is 3.25. The zero-order chi connectivity index (χ0) is 16.5. The minimum atomic E-state index is -0.0280. The molecule has 1 aromatic carbocycles. The van der Waals surface area contributed by atoms with Crippen molar-refractivity contribution in [2.24, 2.45) is 0 Å². The molecule has 1 aliphatic carbocycles. The van der Waals surface area contributed by atoms with E-state index >= 15 is 0 Å². The molecule has 124 valence electrons. The van der Waals surface area contributed by atoms with Crippen molar-refractivity contribution in [1.29, 1.82) is 5.26 Å². The van der Waals surface area contributed by atoms with Gasteiger partial charge in [0.2, 0.25) is 0 Å². The molecule has 1 saturated carbocycles. The van der Waals surface area contributed by atoms with Crippen LogP contribution in [-0.2, 0) is 4.74 Å². The second kappa shape index (κ2) is 6.30. The second-order valence-electron chi connectivity index (χ2n) is 6.48. The lowest BCUT2D eigenvalue weighted by atomic mass is 10.0. The Hall–Kier alpha value is -2.30. The Labute approximate surface area is 140 Å². The smallest absolute Gasteiger partial charge is 0.168 e. The topological polar surface area (TPSA) is 79.9 Å². The number of hydrogen-bond acceptors (Lipinski definition) is 6. The summed E-state index contributed by atoms with van der Waals surface area (Å²) in [6.07, 6.45) is 2.30. The number of morpholine rings is 1. The molecule has 2 aromatic rings. The van der Waals surface area contributed by atoms with Gasteiger partial charge in [0.15, 0.2) is 5.82 Å². The van der Waals surface area contributed by atoms with Gasteiger partial charge in [0.1, 0.15) is 0 Å². The molecule has 1 aliphatic heterocycles. The van der Waals surface area contributed by atoms with Gasteiger partial charge in [-0.1, -0.05) is 12.1 Å². The van der Waals surface area contributed by atoms with E-state index in [1.54, 1.807) is 0 Å². The second-order valence-corrected chi connectivity index (χ2v) is 6.48. The number of rotatable bonds is 4. The summed E-state index contributed by atoms with van der Waals surface area (Å²) in [6.45, 7) is 4.44. The maximum Gasteiger partial charge on any atom is 0.168 e. The molecular weight excluding hydrogens is 304 g/mol. The molecule has 24 heavy (non-hydrogen) atoms. The molecule has 0 radical (unpaired) electrons. The first kappa shape index (κ1) is 15.2. The lowest BCUT2D eigenvalue weighted by Gasteiger charge is -2.36. The van der Waals surface area contributed by atoms with Gasteiger partial charge in [0.25, 0.3) is 0 Å². The Balaban J connectivity index is 1.52. The Morgan fingerprint density at radius 1 is 1.38 bits per heavy atom. The summed E-state index contributed by atoms with van der Waals surface area (Å²) in [5.74, 6) is 0.934. The van der Waals surface area contributed by atoms with E-state index in [1.165, 1.54) is 0 Å². The van der Waals surface area contributed by atoms with Gasteiger partial charge in [-0.25, -0.2) is 4.68 Å². The molecule has 1 aromatic heterocycles.